The quantitative estimate of drug-likeness (QED) is 0.531. The number of imidazole rings is 1. The molecule has 2 aromatic heterocycles. The SMILES string of the molecule is c1cc(-c2nccs2)cc(-n2cnc3cc(C4CC4)ccc32)c1. The average molecular weight is 317 g/mol. The zero-order valence-corrected chi connectivity index (χ0v) is 13.3. The third-order valence-electron chi connectivity index (χ3n) is 4.42. The van der Waals surface area contributed by atoms with Crippen LogP contribution < -0.4 is 0 Å². The Morgan fingerprint density at radius 3 is 2.83 bits per heavy atom. The van der Waals surface area contributed by atoms with Gasteiger partial charge >= 0.3 is 0 Å². The molecule has 0 unspecified atom stereocenters. The number of benzene rings is 2. The second kappa shape index (κ2) is 5.03. The van der Waals surface area contributed by atoms with E-state index in [0.29, 0.717) is 0 Å². The van der Waals surface area contributed by atoms with Gasteiger partial charge in [0.15, 0.2) is 0 Å². The normalized spacial score (nSPS) is 14.4. The number of rotatable bonds is 3. The molecule has 0 spiro atoms. The molecular weight excluding hydrogens is 302 g/mol. The highest BCUT2D eigenvalue weighted by Crippen LogP contribution is 2.40. The van der Waals surface area contributed by atoms with Crippen molar-refractivity contribution in [2.45, 2.75) is 18.8 Å². The molecule has 23 heavy (non-hydrogen) atoms. The first kappa shape index (κ1) is 13.0. The van der Waals surface area contributed by atoms with Crippen LogP contribution in [0.2, 0.25) is 0 Å². The standard InChI is InChI=1S/C19H15N3S/c1-2-15(19-20-8-9-23-19)10-16(3-1)22-12-21-17-11-14(13-4-5-13)6-7-18(17)22/h1-3,6-13H,4-5H2. The summed E-state index contributed by atoms with van der Waals surface area (Å²) in [6.45, 7) is 0. The highest BCUT2D eigenvalue weighted by atomic mass is 32.1. The zero-order valence-electron chi connectivity index (χ0n) is 12.5. The van der Waals surface area contributed by atoms with Crippen LogP contribution in [0.4, 0.5) is 0 Å². The maximum Gasteiger partial charge on any atom is 0.123 e. The van der Waals surface area contributed by atoms with Gasteiger partial charge in [-0.25, -0.2) is 9.97 Å². The van der Waals surface area contributed by atoms with E-state index in [4.69, 9.17) is 0 Å². The van der Waals surface area contributed by atoms with Crippen LogP contribution in [0.15, 0.2) is 60.4 Å². The van der Waals surface area contributed by atoms with Crippen molar-refractivity contribution in [2.24, 2.45) is 0 Å². The van der Waals surface area contributed by atoms with Gasteiger partial charge in [0.1, 0.15) is 11.3 Å². The number of thiazole rings is 1. The predicted molar refractivity (Wildman–Crippen MR) is 94.2 cm³/mol. The number of hydrogen-bond acceptors (Lipinski definition) is 3. The van der Waals surface area contributed by atoms with Crippen molar-refractivity contribution in [1.82, 2.24) is 14.5 Å². The van der Waals surface area contributed by atoms with Crippen LogP contribution in [0.1, 0.15) is 24.3 Å². The highest BCUT2D eigenvalue weighted by Gasteiger charge is 2.23. The van der Waals surface area contributed by atoms with Gasteiger partial charge in [0.2, 0.25) is 0 Å². The summed E-state index contributed by atoms with van der Waals surface area (Å²) in [5.74, 6) is 0.762. The molecule has 0 amide bonds. The van der Waals surface area contributed by atoms with Crippen molar-refractivity contribution in [3.8, 4) is 16.3 Å². The highest BCUT2D eigenvalue weighted by molar-refractivity contribution is 7.13. The largest absolute Gasteiger partial charge is 0.299 e. The second-order valence-corrected chi connectivity index (χ2v) is 6.92. The molecule has 1 aliphatic carbocycles. The Kier molecular flexibility index (Phi) is 2.85. The fourth-order valence-corrected chi connectivity index (χ4v) is 3.70. The van der Waals surface area contributed by atoms with E-state index in [9.17, 15) is 0 Å². The van der Waals surface area contributed by atoms with Crippen LogP contribution in [-0.4, -0.2) is 14.5 Å². The first-order valence-electron chi connectivity index (χ1n) is 7.86. The lowest BCUT2D eigenvalue weighted by Gasteiger charge is -2.06. The van der Waals surface area contributed by atoms with Crippen molar-refractivity contribution >= 4 is 22.4 Å². The molecule has 4 heteroatoms. The van der Waals surface area contributed by atoms with E-state index in [-0.39, 0.29) is 0 Å². The number of nitrogens with zero attached hydrogens (tertiary/aromatic N) is 3. The lowest BCUT2D eigenvalue weighted by Crippen LogP contribution is -1.92. The van der Waals surface area contributed by atoms with Gasteiger partial charge in [-0.3, -0.25) is 4.57 Å². The van der Waals surface area contributed by atoms with Gasteiger partial charge in [-0.2, -0.15) is 0 Å². The summed E-state index contributed by atoms with van der Waals surface area (Å²) in [4.78, 5) is 9.01. The van der Waals surface area contributed by atoms with Crippen LogP contribution >= 0.6 is 11.3 Å². The molecular formula is C19H15N3S. The molecule has 0 aliphatic heterocycles. The maximum atomic E-state index is 4.61. The summed E-state index contributed by atoms with van der Waals surface area (Å²) in [6, 6.07) is 15.2. The van der Waals surface area contributed by atoms with E-state index in [0.717, 1.165) is 33.2 Å². The molecule has 1 aliphatic rings. The van der Waals surface area contributed by atoms with Gasteiger partial charge < -0.3 is 0 Å². The Labute approximate surface area is 138 Å². The molecule has 0 N–H and O–H groups in total. The lowest BCUT2D eigenvalue weighted by atomic mass is 10.1. The molecule has 2 aromatic carbocycles. The van der Waals surface area contributed by atoms with Gasteiger partial charge in [0.05, 0.1) is 11.0 Å². The average Bonchev–Trinajstić information content (AvgIpc) is 3.14. The van der Waals surface area contributed by atoms with Gasteiger partial charge in [0.25, 0.3) is 0 Å². The minimum atomic E-state index is 0.762. The van der Waals surface area contributed by atoms with Gasteiger partial charge in [0, 0.05) is 22.8 Å². The molecule has 3 nitrogen and oxygen atoms in total. The molecule has 0 radical (unpaired) electrons. The molecule has 112 valence electrons. The number of hydrogen-bond donors (Lipinski definition) is 0. The Hall–Kier alpha value is -2.46. The summed E-state index contributed by atoms with van der Waals surface area (Å²) in [7, 11) is 0. The molecule has 2 heterocycles. The van der Waals surface area contributed by atoms with E-state index in [1.807, 2.05) is 17.9 Å². The maximum absolute atomic E-state index is 4.61. The number of fused-ring (bicyclic) bond motifs is 1. The van der Waals surface area contributed by atoms with Crippen LogP contribution in [-0.2, 0) is 0 Å². The van der Waals surface area contributed by atoms with E-state index in [2.05, 4.69) is 57.0 Å². The van der Waals surface area contributed by atoms with Crippen molar-refractivity contribution < 1.29 is 0 Å². The minimum Gasteiger partial charge on any atom is -0.299 e. The van der Waals surface area contributed by atoms with Crippen LogP contribution in [0.5, 0.6) is 0 Å². The van der Waals surface area contributed by atoms with Crippen LogP contribution in [0.3, 0.4) is 0 Å². The first-order chi connectivity index (χ1) is 11.4. The lowest BCUT2D eigenvalue weighted by molar-refractivity contribution is 1.09. The predicted octanol–water partition coefficient (Wildman–Crippen LogP) is 5.03. The molecule has 0 saturated heterocycles. The van der Waals surface area contributed by atoms with E-state index in [1.165, 1.54) is 18.4 Å². The monoisotopic (exact) mass is 317 g/mol. The van der Waals surface area contributed by atoms with Crippen molar-refractivity contribution in [3.05, 3.63) is 65.9 Å². The Bertz CT molecular complexity index is 981. The van der Waals surface area contributed by atoms with E-state index >= 15 is 0 Å². The minimum absolute atomic E-state index is 0.762. The molecule has 1 fully saturated rings. The van der Waals surface area contributed by atoms with Crippen LogP contribution in [0, 0.1) is 0 Å². The van der Waals surface area contributed by atoms with Gasteiger partial charge in [-0.05, 0) is 48.6 Å². The van der Waals surface area contributed by atoms with Gasteiger partial charge in [-0.15, -0.1) is 11.3 Å². The van der Waals surface area contributed by atoms with Crippen molar-refractivity contribution in [2.75, 3.05) is 0 Å². The van der Waals surface area contributed by atoms with E-state index in [1.54, 1.807) is 11.3 Å². The van der Waals surface area contributed by atoms with E-state index < -0.39 is 0 Å². The Balaban J connectivity index is 1.61. The Morgan fingerprint density at radius 2 is 2.00 bits per heavy atom. The number of aromatic nitrogens is 3. The summed E-state index contributed by atoms with van der Waals surface area (Å²) < 4.78 is 2.16. The molecule has 0 atom stereocenters. The summed E-state index contributed by atoms with van der Waals surface area (Å²) in [5.41, 5.74) is 5.94. The molecule has 5 rings (SSSR count). The van der Waals surface area contributed by atoms with Gasteiger partial charge in [-0.1, -0.05) is 18.2 Å². The smallest absolute Gasteiger partial charge is 0.123 e. The van der Waals surface area contributed by atoms with Crippen molar-refractivity contribution in [1.29, 1.82) is 0 Å². The summed E-state index contributed by atoms with van der Waals surface area (Å²) in [5, 5.41) is 3.06. The fraction of sp³-hybridized carbons (Fsp3) is 0.158. The zero-order chi connectivity index (χ0) is 15.2. The molecule has 0 bridgehead atoms. The Morgan fingerprint density at radius 1 is 1.04 bits per heavy atom. The van der Waals surface area contributed by atoms with Crippen LogP contribution in [0.25, 0.3) is 27.3 Å². The first-order valence-corrected chi connectivity index (χ1v) is 8.74. The summed E-state index contributed by atoms with van der Waals surface area (Å²) in [6.07, 6.45) is 6.41. The second-order valence-electron chi connectivity index (χ2n) is 6.02. The molecule has 4 aromatic rings. The molecule has 1 saturated carbocycles. The fourth-order valence-electron chi connectivity index (χ4n) is 3.06. The third kappa shape index (κ3) is 2.26. The summed E-state index contributed by atoms with van der Waals surface area (Å²) >= 11 is 1.66. The topological polar surface area (TPSA) is 30.7 Å². The third-order valence-corrected chi connectivity index (χ3v) is 5.25. The van der Waals surface area contributed by atoms with Crippen molar-refractivity contribution in [3.63, 3.8) is 0 Å².